The van der Waals surface area contributed by atoms with Crippen molar-refractivity contribution in [2.45, 2.75) is 43.7 Å². The molecular formula is C13H21BrOSi. The molecule has 0 radical (unpaired) electrons. The normalized spacial score (nSPS) is 23.9. The minimum absolute atomic E-state index is 0.250. The van der Waals surface area contributed by atoms with Gasteiger partial charge in [0.25, 0.3) is 0 Å². The van der Waals surface area contributed by atoms with Gasteiger partial charge in [-0.2, -0.15) is 0 Å². The van der Waals surface area contributed by atoms with Gasteiger partial charge in [0.15, 0.2) is 0 Å². The molecule has 0 amide bonds. The molecule has 0 bridgehead atoms. The Morgan fingerprint density at radius 2 is 1.94 bits per heavy atom. The van der Waals surface area contributed by atoms with Crippen molar-refractivity contribution >= 4 is 24.2 Å². The molecule has 90 valence electrons. The highest BCUT2D eigenvalue weighted by molar-refractivity contribution is 9.09. The Labute approximate surface area is 109 Å². The minimum Gasteiger partial charge on any atom is -0.549 e. The van der Waals surface area contributed by atoms with Crippen LogP contribution in [0.5, 0.6) is 0 Å². The topological polar surface area (TPSA) is 9.23 Å². The van der Waals surface area contributed by atoms with Crippen LogP contribution in [0.3, 0.4) is 0 Å². The summed E-state index contributed by atoms with van der Waals surface area (Å²) < 4.78 is 6.07. The van der Waals surface area contributed by atoms with Crippen molar-refractivity contribution in [1.82, 2.24) is 0 Å². The van der Waals surface area contributed by atoms with Gasteiger partial charge in [0.2, 0.25) is 8.32 Å². The SMILES string of the molecule is CC(C)(C)[Si](C)(C)OC=C1C=CC=CC1Br. The maximum absolute atomic E-state index is 6.07. The van der Waals surface area contributed by atoms with E-state index in [1.807, 2.05) is 18.4 Å². The Morgan fingerprint density at radius 3 is 2.44 bits per heavy atom. The number of rotatable bonds is 2. The summed E-state index contributed by atoms with van der Waals surface area (Å²) in [6.45, 7) is 11.3. The molecule has 0 heterocycles. The quantitative estimate of drug-likeness (QED) is 0.405. The minimum atomic E-state index is -1.67. The smallest absolute Gasteiger partial charge is 0.249 e. The van der Waals surface area contributed by atoms with Gasteiger partial charge in [-0.05, 0) is 18.1 Å². The fourth-order valence-electron chi connectivity index (χ4n) is 1.03. The molecule has 1 nitrogen and oxygen atoms in total. The van der Waals surface area contributed by atoms with E-state index in [1.165, 1.54) is 5.57 Å². The fourth-order valence-corrected chi connectivity index (χ4v) is 2.25. The van der Waals surface area contributed by atoms with Gasteiger partial charge >= 0.3 is 0 Å². The van der Waals surface area contributed by atoms with Gasteiger partial charge in [0.05, 0.1) is 11.1 Å². The van der Waals surface area contributed by atoms with E-state index in [0.717, 1.165) is 0 Å². The summed E-state index contributed by atoms with van der Waals surface area (Å²) >= 11 is 3.60. The van der Waals surface area contributed by atoms with E-state index in [-0.39, 0.29) is 9.87 Å². The highest BCUT2D eigenvalue weighted by Crippen LogP contribution is 2.37. The molecule has 0 saturated heterocycles. The molecule has 0 fully saturated rings. The lowest BCUT2D eigenvalue weighted by Gasteiger charge is -2.35. The second-order valence-corrected chi connectivity index (χ2v) is 11.4. The molecule has 0 spiro atoms. The van der Waals surface area contributed by atoms with E-state index >= 15 is 0 Å². The van der Waals surface area contributed by atoms with Crippen molar-refractivity contribution in [2.75, 3.05) is 0 Å². The summed E-state index contributed by atoms with van der Waals surface area (Å²) in [6.07, 6.45) is 10.2. The lowest BCUT2D eigenvalue weighted by molar-refractivity contribution is 0.426. The summed E-state index contributed by atoms with van der Waals surface area (Å²) in [7, 11) is -1.67. The predicted molar refractivity (Wildman–Crippen MR) is 77.4 cm³/mol. The number of hydrogen-bond donors (Lipinski definition) is 0. The number of halogens is 1. The van der Waals surface area contributed by atoms with Crippen LogP contribution in [0.2, 0.25) is 18.1 Å². The highest BCUT2D eigenvalue weighted by Gasteiger charge is 2.38. The molecule has 0 aliphatic heterocycles. The molecule has 3 heteroatoms. The molecule has 0 aromatic rings. The summed E-state index contributed by atoms with van der Waals surface area (Å²) in [5, 5.41) is 0.250. The van der Waals surface area contributed by atoms with Crippen LogP contribution in [0.25, 0.3) is 0 Å². The molecule has 1 rings (SSSR count). The second kappa shape index (κ2) is 4.92. The lowest BCUT2D eigenvalue weighted by Crippen LogP contribution is -2.39. The van der Waals surface area contributed by atoms with E-state index in [4.69, 9.17) is 4.43 Å². The number of allylic oxidation sites excluding steroid dienone is 5. The van der Waals surface area contributed by atoms with Crippen molar-refractivity contribution in [2.24, 2.45) is 0 Å². The summed E-state index contributed by atoms with van der Waals surface area (Å²) in [6, 6.07) is 0. The zero-order valence-electron chi connectivity index (χ0n) is 10.8. The number of hydrogen-bond acceptors (Lipinski definition) is 1. The Balaban J connectivity index is 2.73. The van der Waals surface area contributed by atoms with Gasteiger partial charge in [-0.15, -0.1) is 0 Å². The Hall–Kier alpha value is -0.283. The van der Waals surface area contributed by atoms with Crippen molar-refractivity contribution in [3.05, 3.63) is 36.1 Å². The molecule has 1 aliphatic carbocycles. The fraction of sp³-hybridized carbons (Fsp3) is 0.538. The van der Waals surface area contributed by atoms with Crippen LogP contribution in [0.1, 0.15) is 20.8 Å². The molecule has 0 aromatic heterocycles. The van der Waals surface area contributed by atoms with E-state index in [2.05, 4.69) is 61.9 Å². The highest BCUT2D eigenvalue weighted by atomic mass is 79.9. The Kier molecular flexibility index (Phi) is 4.24. The summed E-state index contributed by atoms with van der Waals surface area (Å²) in [4.78, 5) is 0.280. The first-order chi connectivity index (χ1) is 7.24. The van der Waals surface area contributed by atoms with Crippen LogP contribution < -0.4 is 0 Å². The van der Waals surface area contributed by atoms with Crippen LogP contribution in [0.15, 0.2) is 36.1 Å². The summed E-state index contributed by atoms with van der Waals surface area (Å²) in [5.41, 5.74) is 1.19. The van der Waals surface area contributed by atoms with Gasteiger partial charge in [0.1, 0.15) is 0 Å². The van der Waals surface area contributed by atoms with Gasteiger partial charge in [0, 0.05) is 5.57 Å². The monoisotopic (exact) mass is 300 g/mol. The second-order valence-electron chi connectivity index (χ2n) is 5.64. The molecule has 1 aliphatic rings. The number of alkyl halides is 1. The van der Waals surface area contributed by atoms with Gasteiger partial charge in [-0.1, -0.05) is 61.0 Å². The Morgan fingerprint density at radius 1 is 1.31 bits per heavy atom. The van der Waals surface area contributed by atoms with Gasteiger partial charge < -0.3 is 4.43 Å². The third-order valence-electron chi connectivity index (χ3n) is 3.29. The molecule has 0 N–H and O–H groups in total. The van der Waals surface area contributed by atoms with E-state index in [1.54, 1.807) is 0 Å². The maximum atomic E-state index is 6.07. The van der Waals surface area contributed by atoms with Crippen LogP contribution >= 0.6 is 15.9 Å². The van der Waals surface area contributed by atoms with E-state index < -0.39 is 8.32 Å². The molecule has 1 atom stereocenters. The van der Waals surface area contributed by atoms with Gasteiger partial charge in [-0.25, -0.2) is 0 Å². The first-order valence-corrected chi connectivity index (χ1v) is 9.43. The van der Waals surface area contributed by atoms with Crippen molar-refractivity contribution in [3.63, 3.8) is 0 Å². The average molecular weight is 301 g/mol. The van der Waals surface area contributed by atoms with E-state index in [9.17, 15) is 0 Å². The zero-order chi connectivity index (χ0) is 12.4. The largest absolute Gasteiger partial charge is 0.549 e. The molecule has 1 unspecified atom stereocenters. The Bertz CT molecular complexity index is 334. The van der Waals surface area contributed by atoms with Gasteiger partial charge in [-0.3, -0.25) is 0 Å². The molecule has 0 saturated carbocycles. The molecule has 16 heavy (non-hydrogen) atoms. The van der Waals surface area contributed by atoms with Crippen LogP contribution in [-0.2, 0) is 4.43 Å². The van der Waals surface area contributed by atoms with Crippen molar-refractivity contribution in [1.29, 1.82) is 0 Å². The predicted octanol–water partition coefficient (Wildman–Crippen LogP) is 4.78. The summed E-state index contributed by atoms with van der Waals surface area (Å²) in [5.74, 6) is 0. The maximum Gasteiger partial charge on any atom is 0.249 e. The average Bonchev–Trinajstić information content (AvgIpc) is 2.15. The van der Waals surface area contributed by atoms with Crippen molar-refractivity contribution in [3.8, 4) is 0 Å². The zero-order valence-corrected chi connectivity index (χ0v) is 13.3. The first-order valence-electron chi connectivity index (χ1n) is 5.61. The first kappa shape index (κ1) is 13.8. The molecule has 0 aromatic carbocycles. The van der Waals surface area contributed by atoms with Crippen molar-refractivity contribution < 1.29 is 4.43 Å². The van der Waals surface area contributed by atoms with E-state index in [0.29, 0.717) is 0 Å². The standard InChI is InChI=1S/C13H21BrOSi/c1-13(2,3)16(4,5)15-10-11-8-6-7-9-12(11)14/h6-10,12H,1-5H3. The van der Waals surface area contributed by atoms with Crippen LogP contribution in [-0.4, -0.2) is 13.1 Å². The van der Waals surface area contributed by atoms with Crippen LogP contribution in [0.4, 0.5) is 0 Å². The van der Waals surface area contributed by atoms with Crippen LogP contribution in [0, 0.1) is 0 Å². The third kappa shape index (κ3) is 3.35. The molecular weight excluding hydrogens is 280 g/mol. The lowest BCUT2D eigenvalue weighted by atomic mass is 10.1. The third-order valence-corrected chi connectivity index (χ3v) is 8.45.